The molecule has 1 aliphatic carbocycles. The van der Waals surface area contributed by atoms with E-state index in [0.717, 1.165) is 0 Å². The van der Waals surface area contributed by atoms with Crippen molar-refractivity contribution in [3.63, 3.8) is 0 Å². The Balaban J connectivity index is 2.17. The van der Waals surface area contributed by atoms with Crippen molar-refractivity contribution in [1.29, 1.82) is 0 Å². The standard InChI is InChI=1S/C21H18O6/c1-26-13-9-7-12(8-10-13)16(11-17(22)27-2)18-19(23)14-5-3-4-6-15(14)20(24)21(18)25/h3-10,16,23H,11H2,1-2H3/t16-/m0/s1. The molecule has 0 heterocycles. The third kappa shape index (κ3) is 3.33. The third-order valence-electron chi connectivity index (χ3n) is 4.60. The maximum atomic E-state index is 12.8. The number of carbonyl (C=O) groups excluding carboxylic acids is 3. The highest BCUT2D eigenvalue weighted by Gasteiger charge is 2.38. The number of carbonyl (C=O) groups is 3. The van der Waals surface area contributed by atoms with Gasteiger partial charge in [0.15, 0.2) is 0 Å². The molecule has 0 aromatic heterocycles. The number of Topliss-reactive ketones (excluding diaryl/α,β-unsaturated/α-hetero) is 2. The molecule has 0 amide bonds. The lowest BCUT2D eigenvalue weighted by Gasteiger charge is -2.24. The lowest BCUT2D eigenvalue weighted by molar-refractivity contribution is -0.140. The zero-order valence-corrected chi connectivity index (χ0v) is 14.9. The molecule has 2 aromatic rings. The van der Waals surface area contributed by atoms with Crippen molar-refractivity contribution >= 4 is 23.3 Å². The molecule has 0 aliphatic heterocycles. The van der Waals surface area contributed by atoms with Crippen molar-refractivity contribution in [3.8, 4) is 5.75 Å². The molecule has 2 aromatic carbocycles. The van der Waals surface area contributed by atoms with E-state index in [9.17, 15) is 19.5 Å². The zero-order valence-electron chi connectivity index (χ0n) is 14.9. The third-order valence-corrected chi connectivity index (χ3v) is 4.60. The summed E-state index contributed by atoms with van der Waals surface area (Å²) >= 11 is 0. The lowest BCUT2D eigenvalue weighted by atomic mass is 9.78. The maximum Gasteiger partial charge on any atom is 0.306 e. The first-order valence-corrected chi connectivity index (χ1v) is 8.30. The molecule has 1 aliphatic rings. The molecule has 0 bridgehead atoms. The first-order valence-electron chi connectivity index (χ1n) is 8.30. The molecule has 0 spiro atoms. The number of allylic oxidation sites excluding steroid dienone is 1. The molecule has 6 nitrogen and oxygen atoms in total. The van der Waals surface area contributed by atoms with Crippen molar-refractivity contribution < 1.29 is 29.0 Å². The number of ketones is 2. The summed E-state index contributed by atoms with van der Waals surface area (Å²) in [5.74, 6) is -2.61. The molecular weight excluding hydrogens is 348 g/mol. The number of esters is 1. The van der Waals surface area contributed by atoms with Gasteiger partial charge in [0.05, 0.1) is 26.2 Å². The predicted molar refractivity (Wildman–Crippen MR) is 97.7 cm³/mol. The first-order chi connectivity index (χ1) is 13.0. The van der Waals surface area contributed by atoms with E-state index in [2.05, 4.69) is 0 Å². The molecule has 1 N–H and O–H groups in total. The van der Waals surface area contributed by atoms with Crippen molar-refractivity contribution in [2.75, 3.05) is 14.2 Å². The fourth-order valence-corrected chi connectivity index (χ4v) is 3.18. The van der Waals surface area contributed by atoms with Gasteiger partial charge < -0.3 is 14.6 Å². The van der Waals surface area contributed by atoms with Crippen molar-refractivity contribution in [3.05, 3.63) is 70.8 Å². The number of methoxy groups -OCH3 is 2. The van der Waals surface area contributed by atoms with Gasteiger partial charge in [-0.25, -0.2) is 0 Å². The molecule has 1 atom stereocenters. The summed E-state index contributed by atoms with van der Waals surface area (Å²) in [6, 6.07) is 13.1. The van der Waals surface area contributed by atoms with E-state index in [-0.39, 0.29) is 28.9 Å². The van der Waals surface area contributed by atoms with Crippen LogP contribution < -0.4 is 4.74 Å². The van der Waals surface area contributed by atoms with Crippen LogP contribution in [0, 0.1) is 0 Å². The first kappa shape index (κ1) is 18.4. The second-order valence-electron chi connectivity index (χ2n) is 6.07. The number of rotatable bonds is 5. The number of hydrogen-bond donors (Lipinski definition) is 1. The van der Waals surface area contributed by atoms with Gasteiger partial charge in [0.2, 0.25) is 11.6 Å². The number of hydrogen-bond acceptors (Lipinski definition) is 6. The van der Waals surface area contributed by atoms with Gasteiger partial charge in [0.1, 0.15) is 11.5 Å². The van der Waals surface area contributed by atoms with Crippen LogP contribution in [0.2, 0.25) is 0 Å². The summed E-state index contributed by atoms with van der Waals surface area (Å²) in [5, 5.41) is 10.8. The highest BCUT2D eigenvalue weighted by molar-refractivity contribution is 6.52. The van der Waals surface area contributed by atoms with Gasteiger partial charge in [-0.1, -0.05) is 36.4 Å². The van der Waals surface area contributed by atoms with Crippen LogP contribution >= 0.6 is 0 Å². The Hall–Kier alpha value is -3.41. The second-order valence-corrected chi connectivity index (χ2v) is 6.07. The molecule has 138 valence electrons. The zero-order chi connectivity index (χ0) is 19.6. The largest absolute Gasteiger partial charge is 0.507 e. The van der Waals surface area contributed by atoms with E-state index in [4.69, 9.17) is 9.47 Å². The molecule has 0 saturated heterocycles. The molecule has 6 heteroatoms. The minimum absolute atomic E-state index is 0.103. The molecule has 3 rings (SSSR count). The molecule has 0 fully saturated rings. The van der Waals surface area contributed by atoms with Gasteiger partial charge in [0.25, 0.3) is 0 Å². The quantitative estimate of drug-likeness (QED) is 0.646. The summed E-state index contributed by atoms with van der Waals surface area (Å²) in [7, 11) is 2.76. The van der Waals surface area contributed by atoms with Crippen LogP contribution in [0.15, 0.2) is 54.1 Å². The summed E-state index contributed by atoms with van der Waals surface area (Å²) in [6.45, 7) is 0. The lowest BCUT2D eigenvalue weighted by Crippen LogP contribution is -2.28. The monoisotopic (exact) mass is 366 g/mol. The number of fused-ring (bicyclic) bond motifs is 1. The van der Waals surface area contributed by atoms with Gasteiger partial charge in [-0.05, 0) is 17.7 Å². The van der Waals surface area contributed by atoms with E-state index in [1.165, 1.54) is 20.3 Å². The van der Waals surface area contributed by atoms with Crippen molar-refractivity contribution in [2.24, 2.45) is 0 Å². The topological polar surface area (TPSA) is 89.9 Å². The van der Waals surface area contributed by atoms with E-state index in [1.54, 1.807) is 42.5 Å². The van der Waals surface area contributed by atoms with Crippen LogP contribution in [0.5, 0.6) is 5.75 Å². The van der Waals surface area contributed by atoms with Gasteiger partial charge in [-0.15, -0.1) is 0 Å². The van der Waals surface area contributed by atoms with E-state index < -0.39 is 23.5 Å². The number of aliphatic hydroxyl groups is 1. The normalized spacial score (nSPS) is 14.6. The Morgan fingerprint density at radius 3 is 2.19 bits per heavy atom. The Labute approximate surface area is 156 Å². The van der Waals surface area contributed by atoms with E-state index >= 15 is 0 Å². The van der Waals surface area contributed by atoms with Crippen molar-refractivity contribution in [1.82, 2.24) is 0 Å². The van der Waals surface area contributed by atoms with Crippen LogP contribution in [-0.2, 0) is 14.3 Å². The minimum Gasteiger partial charge on any atom is -0.507 e. The summed E-state index contributed by atoms with van der Waals surface area (Å²) in [6.07, 6.45) is -0.191. The van der Waals surface area contributed by atoms with Crippen LogP contribution in [0.1, 0.15) is 33.8 Å². The summed E-state index contributed by atoms with van der Waals surface area (Å²) in [4.78, 5) is 37.2. The molecule has 0 unspecified atom stereocenters. The van der Waals surface area contributed by atoms with Gasteiger partial charge in [0, 0.05) is 17.0 Å². The van der Waals surface area contributed by atoms with Crippen LogP contribution in [0.4, 0.5) is 0 Å². The summed E-state index contributed by atoms with van der Waals surface area (Å²) in [5.41, 5.74) is 0.910. The Bertz CT molecular complexity index is 939. The Kier molecular flexibility index (Phi) is 5.07. The number of aliphatic hydroxyl groups excluding tert-OH is 1. The fourth-order valence-electron chi connectivity index (χ4n) is 3.18. The SMILES string of the molecule is COC(=O)C[C@H](C1=C(O)c2ccccc2C(=O)C1=O)c1ccc(OC)cc1. The minimum atomic E-state index is -0.826. The molecular formula is C21H18O6. The van der Waals surface area contributed by atoms with Gasteiger partial charge in [-0.2, -0.15) is 0 Å². The number of benzene rings is 2. The average molecular weight is 366 g/mol. The average Bonchev–Trinajstić information content (AvgIpc) is 2.71. The smallest absolute Gasteiger partial charge is 0.306 e. The van der Waals surface area contributed by atoms with Crippen LogP contribution in [0.3, 0.4) is 0 Å². The van der Waals surface area contributed by atoms with Gasteiger partial charge >= 0.3 is 5.97 Å². The maximum absolute atomic E-state index is 12.8. The van der Waals surface area contributed by atoms with Crippen LogP contribution in [-0.4, -0.2) is 36.9 Å². The highest BCUT2D eigenvalue weighted by atomic mass is 16.5. The Morgan fingerprint density at radius 1 is 0.963 bits per heavy atom. The van der Waals surface area contributed by atoms with Crippen LogP contribution in [0.25, 0.3) is 5.76 Å². The highest BCUT2D eigenvalue weighted by Crippen LogP contribution is 2.38. The number of ether oxygens (including phenoxy) is 2. The van der Waals surface area contributed by atoms with E-state index in [1.807, 2.05) is 0 Å². The molecule has 27 heavy (non-hydrogen) atoms. The Morgan fingerprint density at radius 2 is 1.59 bits per heavy atom. The predicted octanol–water partition coefficient (Wildman–Crippen LogP) is 3.08. The molecule has 0 saturated carbocycles. The fraction of sp³-hybridized carbons (Fsp3) is 0.190. The van der Waals surface area contributed by atoms with E-state index in [0.29, 0.717) is 11.3 Å². The second kappa shape index (κ2) is 7.45. The summed E-state index contributed by atoms with van der Waals surface area (Å²) < 4.78 is 9.87. The van der Waals surface area contributed by atoms with Gasteiger partial charge in [-0.3, -0.25) is 14.4 Å². The van der Waals surface area contributed by atoms with Crippen molar-refractivity contribution in [2.45, 2.75) is 12.3 Å². The molecule has 0 radical (unpaired) electrons.